The summed E-state index contributed by atoms with van der Waals surface area (Å²) in [6.07, 6.45) is 7.69. The molecule has 0 radical (unpaired) electrons. The minimum Gasteiger partial charge on any atom is -0.299 e. The summed E-state index contributed by atoms with van der Waals surface area (Å²) in [6.45, 7) is 8.07. The van der Waals surface area contributed by atoms with Crippen LogP contribution in [0.25, 0.3) is 0 Å². The molecule has 92 valence electrons. The summed E-state index contributed by atoms with van der Waals surface area (Å²) >= 11 is 0. The molecular formula is C15H20O2. The molecular weight excluding hydrogens is 212 g/mol. The van der Waals surface area contributed by atoms with Crippen molar-refractivity contribution in [3.05, 3.63) is 34.9 Å². The van der Waals surface area contributed by atoms with E-state index in [2.05, 4.69) is 13.8 Å². The molecule has 0 aromatic carbocycles. The van der Waals surface area contributed by atoms with Gasteiger partial charge in [-0.15, -0.1) is 0 Å². The zero-order valence-corrected chi connectivity index (χ0v) is 11.0. The zero-order chi connectivity index (χ0) is 13.1. The van der Waals surface area contributed by atoms with E-state index in [0.29, 0.717) is 6.42 Å². The number of hydrogen-bond acceptors (Lipinski definition) is 2. The predicted octanol–water partition coefficient (Wildman–Crippen LogP) is 3.39. The first kappa shape index (κ1) is 13.6. The van der Waals surface area contributed by atoms with Gasteiger partial charge in [-0.3, -0.25) is 9.59 Å². The van der Waals surface area contributed by atoms with E-state index in [1.54, 1.807) is 0 Å². The zero-order valence-electron chi connectivity index (χ0n) is 11.0. The number of Topliss-reactive ketones (excluding diaryl/α,β-unsaturated/α-hetero) is 1. The number of ketones is 1. The maximum atomic E-state index is 11.7. The van der Waals surface area contributed by atoms with Crippen LogP contribution in [0, 0.1) is 5.41 Å². The van der Waals surface area contributed by atoms with Crippen LogP contribution in [0.4, 0.5) is 0 Å². The summed E-state index contributed by atoms with van der Waals surface area (Å²) in [7, 11) is 0. The van der Waals surface area contributed by atoms with Gasteiger partial charge in [0.05, 0.1) is 0 Å². The lowest BCUT2D eigenvalue weighted by atomic mass is 9.72. The van der Waals surface area contributed by atoms with Gasteiger partial charge in [0.25, 0.3) is 0 Å². The van der Waals surface area contributed by atoms with Crippen LogP contribution in [0.3, 0.4) is 0 Å². The lowest BCUT2D eigenvalue weighted by Crippen LogP contribution is -2.24. The molecule has 0 saturated carbocycles. The Labute approximate surface area is 103 Å². The monoisotopic (exact) mass is 232 g/mol. The van der Waals surface area contributed by atoms with Crippen molar-refractivity contribution in [2.45, 2.75) is 40.5 Å². The molecule has 1 rings (SSSR count). The molecule has 1 aliphatic rings. The Morgan fingerprint density at radius 1 is 1.35 bits per heavy atom. The second-order valence-electron chi connectivity index (χ2n) is 5.23. The Morgan fingerprint density at radius 3 is 2.59 bits per heavy atom. The molecule has 0 unspecified atom stereocenters. The van der Waals surface area contributed by atoms with Gasteiger partial charge in [-0.1, -0.05) is 26.0 Å². The van der Waals surface area contributed by atoms with E-state index in [1.807, 2.05) is 26.0 Å². The SMILES string of the molecule is CC1=C(/C=C/C(C)=C\C=O)C(C)(C)CCC1=O. The fourth-order valence-electron chi connectivity index (χ4n) is 2.13. The maximum absolute atomic E-state index is 11.7. The number of carbonyl (C=O) groups excluding carboxylic acids is 2. The first-order valence-electron chi connectivity index (χ1n) is 5.93. The predicted molar refractivity (Wildman–Crippen MR) is 69.7 cm³/mol. The molecule has 2 heteroatoms. The molecule has 0 spiro atoms. The summed E-state index contributed by atoms with van der Waals surface area (Å²) in [5.41, 5.74) is 2.88. The van der Waals surface area contributed by atoms with Gasteiger partial charge in [0, 0.05) is 6.42 Å². The Balaban J connectivity index is 3.08. The van der Waals surface area contributed by atoms with Gasteiger partial charge in [-0.05, 0) is 48.5 Å². The molecule has 0 bridgehead atoms. The second kappa shape index (κ2) is 5.26. The van der Waals surface area contributed by atoms with E-state index in [1.165, 1.54) is 6.08 Å². The molecule has 2 nitrogen and oxygen atoms in total. The highest BCUT2D eigenvalue weighted by Gasteiger charge is 2.30. The minimum absolute atomic E-state index is 0.0377. The second-order valence-corrected chi connectivity index (χ2v) is 5.23. The highest BCUT2D eigenvalue weighted by atomic mass is 16.1. The first-order chi connectivity index (χ1) is 7.88. The van der Waals surface area contributed by atoms with Crippen molar-refractivity contribution in [1.82, 2.24) is 0 Å². The van der Waals surface area contributed by atoms with E-state index < -0.39 is 0 Å². The summed E-state index contributed by atoms with van der Waals surface area (Å²) < 4.78 is 0. The highest BCUT2D eigenvalue weighted by molar-refractivity contribution is 5.97. The number of aldehydes is 1. The molecule has 0 aromatic rings. The Hall–Kier alpha value is -1.44. The summed E-state index contributed by atoms with van der Waals surface area (Å²) in [5, 5.41) is 0. The molecule has 0 atom stereocenters. The Morgan fingerprint density at radius 2 is 2.00 bits per heavy atom. The molecule has 0 heterocycles. The fourth-order valence-corrected chi connectivity index (χ4v) is 2.13. The van der Waals surface area contributed by atoms with Crippen LogP contribution in [-0.2, 0) is 9.59 Å². The summed E-state index contributed by atoms with van der Waals surface area (Å²) in [6, 6.07) is 0. The van der Waals surface area contributed by atoms with Crippen molar-refractivity contribution in [3.63, 3.8) is 0 Å². The van der Waals surface area contributed by atoms with Crippen LogP contribution in [0.15, 0.2) is 34.9 Å². The normalized spacial score (nSPS) is 21.2. The molecule has 0 aromatic heterocycles. The van der Waals surface area contributed by atoms with Crippen LogP contribution in [-0.4, -0.2) is 12.1 Å². The highest BCUT2D eigenvalue weighted by Crippen LogP contribution is 2.39. The fraction of sp³-hybridized carbons (Fsp3) is 0.467. The Bertz CT molecular complexity index is 420. The van der Waals surface area contributed by atoms with E-state index in [-0.39, 0.29) is 11.2 Å². The Kier molecular flexibility index (Phi) is 4.22. The van der Waals surface area contributed by atoms with Crippen molar-refractivity contribution < 1.29 is 9.59 Å². The number of hydrogen-bond donors (Lipinski definition) is 0. The van der Waals surface area contributed by atoms with Crippen molar-refractivity contribution >= 4 is 12.1 Å². The molecule has 0 saturated heterocycles. The quantitative estimate of drug-likeness (QED) is 0.424. The third kappa shape index (κ3) is 3.26. The largest absolute Gasteiger partial charge is 0.299 e. The summed E-state index contributed by atoms with van der Waals surface area (Å²) in [5.74, 6) is 0.237. The van der Waals surface area contributed by atoms with Crippen LogP contribution in [0.1, 0.15) is 40.5 Å². The van der Waals surface area contributed by atoms with Gasteiger partial charge in [-0.25, -0.2) is 0 Å². The molecule has 1 aliphatic carbocycles. The lowest BCUT2D eigenvalue weighted by Gasteiger charge is -2.32. The van der Waals surface area contributed by atoms with Crippen LogP contribution in [0.5, 0.6) is 0 Å². The van der Waals surface area contributed by atoms with Gasteiger partial charge in [-0.2, -0.15) is 0 Å². The van der Waals surface area contributed by atoms with Crippen molar-refractivity contribution in [3.8, 4) is 0 Å². The molecule has 17 heavy (non-hydrogen) atoms. The first-order valence-corrected chi connectivity index (χ1v) is 5.93. The van der Waals surface area contributed by atoms with Crippen molar-refractivity contribution in [2.24, 2.45) is 5.41 Å². The van der Waals surface area contributed by atoms with Gasteiger partial charge in [0.1, 0.15) is 6.29 Å². The molecule has 0 aliphatic heterocycles. The number of carbonyl (C=O) groups is 2. The van der Waals surface area contributed by atoms with E-state index >= 15 is 0 Å². The third-order valence-electron chi connectivity index (χ3n) is 3.37. The van der Waals surface area contributed by atoms with Crippen molar-refractivity contribution in [1.29, 1.82) is 0 Å². The van der Waals surface area contributed by atoms with Gasteiger partial charge < -0.3 is 0 Å². The average Bonchev–Trinajstić information content (AvgIpc) is 2.24. The molecule has 0 amide bonds. The molecule has 0 N–H and O–H groups in total. The van der Waals surface area contributed by atoms with Crippen LogP contribution in [0.2, 0.25) is 0 Å². The number of rotatable bonds is 3. The van der Waals surface area contributed by atoms with Crippen molar-refractivity contribution in [2.75, 3.05) is 0 Å². The minimum atomic E-state index is 0.0377. The molecule has 0 fully saturated rings. The van der Waals surface area contributed by atoms with Crippen LogP contribution < -0.4 is 0 Å². The van der Waals surface area contributed by atoms with E-state index in [4.69, 9.17) is 0 Å². The topological polar surface area (TPSA) is 34.1 Å². The van der Waals surface area contributed by atoms with E-state index in [9.17, 15) is 9.59 Å². The number of allylic oxidation sites excluding steroid dienone is 6. The standard InChI is InChI=1S/C15H20O2/c1-11(8-10-16)5-6-13-12(2)14(17)7-9-15(13,3)4/h5-6,8,10H,7,9H2,1-4H3/b6-5+,11-8-. The smallest absolute Gasteiger partial charge is 0.158 e. The maximum Gasteiger partial charge on any atom is 0.158 e. The lowest BCUT2D eigenvalue weighted by molar-refractivity contribution is -0.116. The summed E-state index contributed by atoms with van der Waals surface area (Å²) in [4.78, 5) is 22.0. The van der Waals surface area contributed by atoms with Gasteiger partial charge >= 0.3 is 0 Å². The van der Waals surface area contributed by atoms with E-state index in [0.717, 1.165) is 29.4 Å². The van der Waals surface area contributed by atoms with Gasteiger partial charge in [0.15, 0.2) is 5.78 Å². The van der Waals surface area contributed by atoms with Crippen LogP contribution >= 0.6 is 0 Å². The average molecular weight is 232 g/mol. The third-order valence-corrected chi connectivity index (χ3v) is 3.37. The van der Waals surface area contributed by atoms with Gasteiger partial charge in [0.2, 0.25) is 0 Å².